The number of alkyl halides is 3. The highest BCUT2D eigenvalue weighted by molar-refractivity contribution is 5.92. The molecule has 84 valence electrons. The minimum Gasteiger partial charge on any atom is -0.343 e. The summed E-state index contributed by atoms with van der Waals surface area (Å²) in [6, 6.07) is 1.26. The third-order valence-corrected chi connectivity index (χ3v) is 1.67. The molecule has 1 aromatic rings. The van der Waals surface area contributed by atoms with E-state index in [9.17, 15) is 18.0 Å². The average Bonchev–Trinajstić information content (AvgIpc) is 2.47. The fourth-order valence-electron chi connectivity index (χ4n) is 1.04. The van der Waals surface area contributed by atoms with Gasteiger partial charge in [-0.1, -0.05) is 0 Å². The quantitative estimate of drug-likeness (QED) is 0.751. The Balaban J connectivity index is 2.92. The highest BCUT2D eigenvalue weighted by Gasteiger charge is 2.30. The van der Waals surface area contributed by atoms with Crippen LogP contribution in [0.3, 0.4) is 0 Å². The van der Waals surface area contributed by atoms with Crippen LogP contribution in [0.1, 0.15) is 10.5 Å². The van der Waals surface area contributed by atoms with Crippen LogP contribution in [0.4, 0.5) is 13.2 Å². The van der Waals surface area contributed by atoms with Crippen LogP contribution in [0.25, 0.3) is 0 Å². The number of amides is 1. The van der Waals surface area contributed by atoms with Crippen molar-refractivity contribution in [3.05, 3.63) is 18.0 Å². The van der Waals surface area contributed by atoms with Crippen LogP contribution >= 0.6 is 0 Å². The Morgan fingerprint density at radius 3 is 2.60 bits per heavy atom. The Morgan fingerprint density at radius 2 is 2.13 bits per heavy atom. The van der Waals surface area contributed by atoms with E-state index in [2.05, 4.69) is 5.10 Å². The van der Waals surface area contributed by atoms with Gasteiger partial charge in [-0.3, -0.25) is 9.48 Å². The van der Waals surface area contributed by atoms with Crippen LogP contribution < -0.4 is 0 Å². The SMILES string of the molecule is CN(C)C(=O)c1ccnn1CC(F)(F)F. The molecule has 0 N–H and O–H groups in total. The van der Waals surface area contributed by atoms with Gasteiger partial charge in [0, 0.05) is 20.3 Å². The fraction of sp³-hybridized carbons (Fsp3) is 0.500. The molecule has 0 atom stereocenters. The summed E-state index contributed by atoms with van der Waals surface area (Å²) in [4.78, 5) is 12.6. The number of halogens is 3. The summed E-state index contributed by atoms with van der Waals surface area (Å²) in [5.74, 6) is -0.503. The summed E-state index contributed by atoms with van der Waals surface area (Å²) in [5.41, 5.74) is -0.0719. The minimum atomic E-state index is -4.38. The first-order valence-electron chi connectivity index (χ1n) is 4.11. The molecule has 0 radical (unpaired) electrons. The smallest absolute Gasteiger partial charge is 0.343 e. The summed E-state index contributed by atoms with van der Waals surface area (Å²) in [6.07, 6.45) is -3.21. The van der Waals surface area contributed by atoms with Crippen molar-refractivity contribution < 1.29 is 18.0 Å². The molecule has 0 saturated carbocycles. The normalized spacial score (nSPS) is 11.5. The van der Waals surface area contributed by atoms with E-state index in [0.717, 1.165) is 0 Å². The lowest BCUT2D eigenvalue weighted by molar-refractivity contribution is -0.142. The van der Waals surface area contributed by atoms with Gasteiger partial charge in [-0.25, -0.2) is 0 Å². The maximum atomic E-state index is 12.1. The molecule has 0 unspecified atom stereocenters. The van der Waals surface area contributed by atoms with Crippen LogP contribution in [0.15, 0.2) is 12.3 Å². The van der Waals surface area contributed by atoms with Crippen molar-refractivity contribution in [2.45, 2.75) is 12.7 Å². The Bertz CT molecular complexity index is 356. The van der Waals surface area contributed by atoms with E-state index in [1.807, 2.05) is 0 Å². The molecule has 0 aromatic carbocycles. The van der Waals surface area contributed by atoms with Gasteiger partial charge >= 0.3 is 6.18 Å². The second-order valence-corrected chi connectivity index (χ2v) is 3.19. The molecule has 0 fully saturated rings. The highest BCUT2D eigenvalue weighted by Crippen LogP contribution is 2.18. The van der Waals surface area contributed by atoms with Gasteiger partial charge in [0.25, 0.3) is 5.91 Å². The van der Waals surface area contributed by atoms with E-state index in [-0.39, 0.29) is 5.69 Å². The van der Waals surface area contributed by atoms with Gasteiger partial charge in [0.05, 0.1) is 0 Å². The Labute approximate surface area is 84.3 Å². The molecule has 0 aliphatic rings. The number of nitrogens with zero attached hydrogens (tertiary/aromatic N) is 3. The van der Waals surface area contributed by atoms with Crippen LogP contribution in [0, 0.1) is 0 Å². The number of carbonyl (C=O) groups excluding carboxylic acids is 1. The van der Waals surface area contributed by atoms with Crippen molar-refractivity contribution >= 4 is 5.91 Å². The largest absolute Gasteiger partial charge is 0.408 e. The number of carbonyl (C=O) groups is 1. The molecule has 1 aromatic heterocycles. The third-order valence-electron chi connectivity index (χ3n) is 1.67. The lowest BCUT2D eigenvalue weighted by Gasteiger charge is -2.13. The number of hydrogen-bond acceptors (Lipinski definition) is 2. The molecule has 1 amide bonds. The van der Waals surface area contributed by atoms with Crippen LogP contribution in [0.5, 0.6) is 0 Å². The maximum absolute atomic E-state index is 12.1. The van der Waals surface area contributed by atoms with Gasteiger partial charge in [-0.05, 0) is 6.07 Å². The van der Waals surface area contributed by atoms with E-state index < -0.39 is 18.6 Å². The third kappa shape index (κ3) is 2.97. The van der Waals surface area contributed by atoms with E-state index in [1.165, 1.54) is 31.3 Å². The molecule has 0 spiro atoms. The number of hydrogen-bond donors (Lipinski definition) is 0. The standard InChI is InChI=1S/C8H10F3N3O/c1-13(2)7(15)6-3-4-12-14(6)5-8(9,10)11/h3-4H,5H2,1-2H3. The molecule has 0 saturated heterocycles. The molecule has 15 heavy (non-hydrogen) atoms. The molecular weight excluding hydrogens is 211 g/mol. The fourth-order valence-corrected chi connectivity index (χ4v) is 1.04. The average molecular weight is 221 g/mol. The lowest BCUT2D eigenvalue weighted by atomic mass is 10.4. The van der Waals surface area contributed by atoms with E-state index in [1.54, 1.807) is 0 Å². The summed E-state index contributed by atoms with van der Waals surface area (Å²) in [7, 11) is 2.93. The topological polar surface area (TPSA) is 38.1 Å². The molecule has 0 aliphatic heterocycles. The van der Waals surface area contributed by atoms with E-state index in [0.29, 0.717) is 4.68 Å². The van der Waals surface area contributed by atoms with Gasteiger partial charge in [-0.15, -0.1) is 0 Å². The molecule has 0 aliphatic carbocycles. The van der Waals surface area contributed by atoms with Crippen molar-refractivity contribution in [3.63, 3.8) is 0 Å². The molecule has 1 heterocycles. The first-order valence-corrected chi connectivity index (χ1v) is 4.11. The zero-order valence-electron chi connectivity index (χ0n) is 8.25. The summed E-state index contributed by atoms with van der Waals surface area (Å²) in [5, 5.41) is 3.45. The second-order valence-electron chi connectivity index (χ2n) is 3.19. The van der Waals surface area contributed by atoms with Crippen LogP contribution in [-0.4, -0.2) is 40.9 Å². The number of aromatic nitrogens is 2. The van der Waals surface area contributed by atoms with Crippen molar-refractivity contribution in [1.29, 1.82) is 0 Å². The first kappa shape index (κ1) is 11.5. The van der Waals surface area contributed by atoms with Crippen molar-refractivity contribution in [3.8, 4) is 0 Å². The van der Waals surface area contributed by atoms with E-state index in [4.69, 9.17) is 0 Å². The Hall–Kier alpha value is -1.53. The van der Waals surface area contributed by atoms with Gasteiger partial charge in [-0.2, -0.15) is 18.3 Å². The summed E-state index contributed by atoms with van der Waals surface area (Å²) >= 11 is 0. The van der Waals surface area contributed by atoms with Gasteiger partial charge in [0.15, 0.2) is 0 Å². The monoisotopic (exact) mass is 221 g/mol. The zero-order chi connectivity index (χ0) is 11.6. The van der Waals surface area contributed by atoms with Crippen molar-refractivity contribution in [1.82, 2.24) is 14.7 Å². The predicted molar refractivity (Wildman–Crippen MR) is 46.3 cm³/mol. The molecule has 7 heteroatoms. The zero-order valence-corrected chi connectivity index (χ0v) is 8.25. The molecule has 0 bridgehead atoms. The van der Waals surface area contributed by atoms with Gasteiger partial charge in [0.1, 0.15) is 12.2 Å². The first-order chi connectivity index (χ1) is 6.81. The lowest BCUT2D eigenvalue weighted by Crippen LogP contribution is -2.28. The van der Waals surface area contributed by atoms with Crippen LogP contribution in [-0.2, 0) is 6.54 Å². The van der Waals surface area contributed by atoms with Crippen molar-refractivity contribution in [2.24, 2.45) is 0 Å². The summed E-state index contributed by atoms with van der Waals surface area (Å²) < 4.78 is 36.9. The molecule has 1 rings (SSSR count). The van der Waals surface area contributed by atoms with Gasteiger partial charge < -0.3 is 4.90 Å². The maximum Gasteiger partial charge on any atom is 0.408 e. The molecular formula is C8H10F3N3O. The van der Waals surface area contributed by atoms with Gasteiger partial charge in [0.2, 0.25) is 0 Å². The number of rotatable bonds is 2. The molecule has 4 nitrogen and oxygen atoms in total. The Kier molecular flexibility index (Phi) is 3.01. The minimum absolute atomic E-state index is 0.0719. The van der Waals surface area contributed by atoms with Crippen molar-refractivity contribution in [2.75, 3.05) is 14.1 Å². The predicted octanol–water partition coefficient (Wildman–Crippen LogP) is 1.15. The van der Waals surface area contributed by atoms with E-state index >= 15 is 0 Å². The van der Waals surface area contributed by atoms with Crippen LogP contribution in [0.2, 0.25) is 0 Å². The Morgan fingerprint density at radius 1 is 1.53 bits per heavy atom. The summed E-state index contributed by atoms with van der Waals surface area (Å²) in [6.45, 7) is -1.26. The highest BCUT2D eigenvalue weighted by atomic mass is 19.4. The second kappa shape index (κ2) is 3.92.